The molecule has 0 unspecified atom stereocenters. The number of hydrogen-bond acceptors (Lipinski definition) is 4. The fourth-order valence-electron chi connectivity index (χ4n) is 3.71. The van der Waals surface area contributed by atoms with Gasteiger partial charge in [0.1, 0.15) is 0 Å². The first-order chi connectivity index (χ1) is 12.3. The highest BCUT2D eigenvalue weighted by Crippen LogP contribution is 2.34. The quantitative estimate of drug-likeness (QED) is 0.698. The Hall–Kier alpha value is -2.46. The van der Waals surface area contributed by atoms with Crippen LogP contribution in [0, 0.1) is 6.92 Å². The van der Waals surface area contributed by atoms with Gasteiger partial charge in [-0.25, -0.2) is 0 Å². The maximum absolute atomic E-state index is 5.51. The van der Waals surface area contributed by atoms with Crippen molar-refractivity contribution in [3.63, 3.8) is 0 Å². The van der Waals surface area contributed by atoms with Crippen molar-refractivity contribution in [1.82, 2.24) is 15.0 Å². The highest BCUT2D eigenvalue weighted by atomic mass is 16.5. The van der Waals surface area contributed by atoms with E-state index in [0.29, 0.717) is 18.4 Å². The van der Waals surface area contributed by atoms with Gasteiger partial charge < -0.3 is 4.52 Å². The van der Waals surface area contributed by atoms with Gasteiger partial charge in [0.2, 0.25) is 5.89 Å². The van der Waals surface area contributed by atoms with Crippen molar-refractivity contribution in [2.75, 3.05) is 6.54 Å². The summed E-state index contributed by atoms with van der Waals surface area (Å²) in [6.45, 7) is 3.99. The molecule has 1 aromatic heterocycles. The van der Waals surface area contributed by atoms with Gasteiger partial charge in [-0.05, 0) is 43.0 Å². The predicted octanol–water partition coefficient (Wildman–Crippen LogP) is 4.31. The van der Waals surface area contributed by atoms with Gasteiger partial charge in [0.15, 0.2) is 5.82 Å². The van der Waals surface area contributed by atoms with E-state index in [1.165, 1.54) is 29.5 Å². The second-order valence-electron chi connectivity index (χ2n) is 6.75. The maximum Gasteiger partial charge on any atom is 0.240 e. The number of hydrogen-bond donors (Lipinski definition) is 0. The van der Waals surface area contributed by atoms with Gasteiger partial charge in [0, 0.05) is 12.5 Å². The van der Waals surface area contributed by atoms with E-state index in [9.17, 15) is 0 Å². The molecule has 0 amide bonds. The molecule has 2 aromatic carbocycles. The summed E-state index contributed by atoms with van der Waals surface area (Å²) in [4.78, 5) is 7.06. The van der Waals surface area contributed by atoms with Crippen LogP contribution in [0.15, 0.2) is 59.1 Å². The van der Waals surface area contributed by atoms with E-state index in [1.54, 1.807) is 0 Å². The van der Waals surface area contributed by atoms with Crippen molar-refractivity contribution in [1.29, 1.82) is 0 Å². The van der Waals surface area contributed by atoms with Crippen molar-refractivity contribution >= 4 is 0 Å². The maximum atomic E-state index is 5.51. The van der Waals surface area contributed by atoms with Crippen LogP contribution in [0.1, 0.15) is 47.3 Å². The standard InChI is InChI=1S/C21H23N3O/c1-16-8-5-6-11-18(16)19-12-7-13-24(19)15-21-22-20(23-25-21)14-17-9-3-2-4-10-17/h2-6,8-11,19H,7,12-15H2,1H3/t19-/m0/s1. The topological polar surface area (TPSA) is 42.2 Å². The number of likely N-dealkylation sites (tertiary alicyclic amines) is 1. The van der Waals surface area contributed by atoms with Crippen molar-refractivity contribution < 1.29 is 4.52 Å². The van der Waals surface area contributed by atoms with Crippen molar-refractivity contribution in [2.24, 2.45) is 0 Å². The van der Waals surface area contributed by atoms with E-state index >= 15 is 0 Å². The lowest BCUT2D eigenvalue weighted by atomic mass is 9.99. The number of aromatic nitrogens is 2. The summed E-state index contributed by atoms with van der Waals surface area (Å²) < 4.78 is 5.51. The Labute approximate surface area is 148 Å². The van der Waals surface area contributed by atoms with Crippen LogP contribution in [0.3, 0.4) is 0 Å². The molecule has 1 aliphatic heterocycles. The molecular formula is C21H23N3O. The summed E-state index contributed by atoms with van der Waals surface area (Å²) in [6, 6.07) is 19.4. The molecule has 0 bridgehead atoms. The summed E-state index contributed by atoms with van der Waals surface area (Å²) in [6.07, 6.45) is 3.12. The van der Waals surface area contributed by atoms with Gasteiger partial charge in [-0.1, -0.05) is 59.8 Å². The largest absolute Gasteiger partial charge is 0.338 e. The zero-order valence-corrected chi connectivity index (χ0v) is 14.6. The highest BCUT2D eigenvalue weighted by molar-refractivity contribution is 5.29. The second-order valence-corrected chi connectivity index (χ2v) is 6.75. The smallest absolute Gasteiger partial charge is 0.240 e. The molecule has 1 aliphatic rings. The van der Waals surface area contributed by atoms with Gasteiger partial charge in [-0.3, -0.25) is 4.90 Å². The van der Waals surface area contributed by atoms with E-state index in [4.69, 9.17) is 4.52 Å². The average molecular weight is 333 g/mol. The van der Waals surface area contributed by atoms with E-state index in [0.717, 1.165) is 18.9 Å². The van der Waals surface area contributed by atoms with Gasteiger partial charge in [-0.2, -0.15) is 4.98 Å². The first-order valence-corrected chi connectivity index (χ1v) is 8.94. The van der Waals surface area contributed by atoms with E-state index in [2.05, 4.69) is 58.4 Å². The summed E-state index contributed by atoms with van der Waals surface area (Å²) in [5.41, 5.74) is 3.98. The minimum Gasteiger partial charge on any atom is -0.338 e. The molecule has 1 fully saturated rings. The van der Waals surface area contributed by atoms with Crippen LogP contribution in [0.25, 0.3) is 0 Å². The Balaban J connectivity index is 1.46. The Bertz CT molecular complexity index is 828. The third-order valence-corrected chi connectivity index (χ3v) is 4.96. The summed E-state index contributed by atoms with van der Waals surface area (Å²) >= 11 is 0. The van der Waals surface area contributed by atoms with Crippen LogP contribution in [-0.4, -0.2) is 21.6 Å². The molecule has 0 radical (unpaired) electrons. The first-order valence-electron chi connectivity index (χ1n) is 8.94. The van der Waals surface area contributed by atoms with Gasteiger partial charge in [-0.15, -0.1) is 0 Å². The first kappa shape index (κ1) is 16.0. The van der Waals surface area contributed by atoms with E-state index in [1.807, 2.05) is 18.2 Å². The Kier molecular flexibility index (Phi) is 4.61. The van der Waals surface area contributed by atoms with Crippen molar-refractivity contribution in [3.05, 3.63) is 83.0 Å². The molecule has 3 aromatic rings. The molecule has 0 N–H and O–H groups in total. The molecule has 4 rings (SSSR count). The minimum absolute atomic E-state index is 0.450. The van der Waals surface area contributed by atoms with E-state index in [-0.39, 0.29) is 0 Å². The Morgan fingerprint density at radius 1 is 1.08 bits per heavy atom. The minimum atomic E-state index is 0.450. The van der Waals surface area contributed by atoms with Crippen LogP contribution in [0.5, 0.6) is 0 Å². The van der Waals surface area contributed by atoms with Gasteiger partial charge >= 0.3 is 0 Å². The zero-order chi connectivity index (χ0) is 17.1. The van der Waals surface area contributed by atoms with Gasteiger partial charge in [0.25, 0.3) is 0 Å². The average Bonchev–Trinajstić information content (AvgIpc) is 3.26. The Morgan fingerprint density at radius 2 is 1.88 bits per heavy atom. The second kappa shape index (κ2) is 7.19. The highest BCUT2D eigenvalue weighted by Gasteiger charge is 2.28. The normalized spacial score (nSPS) is 17.9. The Morgan fingerprint density at radius 3 is 2.72 bits per heavy atom. The fraction of sp³-hybridized carbons (Fsp3) is 0.333. The molecule has 128 valence electrons. The SMILES string of the molecule is Cc1ccccc1[C@@H]1CCCN1Cc1nc(Cc2ccccc2)no1. The lowest BCUT2D eigenvalue weighted by molar-refractivity contribution is 0.212. The molecule has 1 atom stereocenters. The third kappa shape index (κ3) is 3.64. The number of nitrogens with zero attached hydrogens (tertiary/aromatic N) is 3. The van der Waals surface area contributed by atoms with Crippen molar-refractivity contribution in [3.8, 4) is 0 Å². The fourth-order valence-corrected chi connectivity index (χ4v) is 3.71. The number of benzene rings is 2. The van der Waals surface area contributed by atoms with Crippen LogP contribution in [0.4, 0.5) is 0 Å². The summed E-state index contributed by atoms with van der Waals surface area (Å²) in [5, 5.41) is 4.16. The zero-order valence-electron chi connectivity index (χ0n) is 14.6. The van der Waals surface area contributed by atoms with E-state index < -0.39 is 0 Å². The molecule has 4 heteroatoms. The molecule has 25 heavy (non-hydrogen) atoms. The van der Waals surface area contributed by atoms with Crippen LogP contribution in [-0.2, 0) is 13.0 Å². The monoisotopic (exact) mass is 333 g/mol. The van der Waals surface area contributed by atoms with Crippen LogP contribution in [0.2, 0.25) is 0 Å². The molecule has 4 nitrogen and oxygen atoms in total. The van der Waals surface area contributed by atoms with Gasteiger partial charge in [0.05, 0.1) is 6.54 Å². The van der Waals surface area contributed by atoms with Crippen LogP contribution < -0.4 is 0 Å². The molecule has 0 spiro atoms. The molecular weight excluding hydrogens is 310 g/mol. The van der Waals surface area contributed by atoms with Crippen molar-refractivity contribution in [2.45, 2.75) is 38.8 Å². The summed E-state index contributed by atoms with van der Waals surface area (Å²) in [5.74, 6) is 1.47. The predicted molar refractivity (Wildman–Crippen MR) is 97.1 cm³/mol. The number of aryl methyl sites for hydroxylation is 1. The summed E-state index contributed by atoms with van der Waals surface area (Å²) in [7, 11) is 0. The third-order valence-electron chi connectivity index (χ3n) is 4.96. The number of rotatable bonds is 5. The molecule has 0 aliphatic carbocycles. The lowest BCUT2D eigenvalue weighted by Gasteiger charge is -2.24. The molecule has 1 saturated heterocycles. The molecule has 2 heterocycles. The molecule has 0 saturated carbocycles. The lowest BCUT2D eigenvalue weighted by Crippen LogP contribution is -2.23. The van der Waals surface area contributed by atoms with Crippen LogP contribution >= 0.6 is 0 Å².